The number of nitrogens with zero attached hydrogens (tertiary/aromatic N) is 4. The summed E-state index contributed by atoms with van der Waals surface area (Å²) in [5, 5.41) is 7.16. The van der Waals surface area contributed by atoms with Gasteiger partial charge >= 0.3 is 5.69 Å². The minimum absolute atomic E-state index is 0.176. The molecule has 128 valence electrons. The Hall–Kier alpha value is -3.16. The van der Waals surface area contributed by atoms with Crippen LogP contribution in [0.25, 0.3) is 11.6 Å². The SMILES string of the molecule is O=C(NCCn1nc(-c2ccco2)n(C2CC2)c1=O)c1cccnc1. The number of rotatable bonds is 6. The highest BCUT2D eigenvalue weighted by Crippen LogP contribution is 2.36. The van der Waals surface area contributed by atoms with Crippen LogP contribution in [0.2, 0.25) is 0 Å². The van der Waals surface area contributed by atoms with Crippen molar-refractivity contribution in [2.75, 3.05) is 6.54 Å². The fourth-order valence-electron chi connectivity index (χ4n) is 2.68. The molecule has 8 heteroatoms. The molecule has 0 bridgehead atoms. The standard InChI is InChI=1S/C17H17N5O3/c23-16(12-3-1-7-18-11-12)19-8-9-21-17(24)22(13-5-6-13)15(20-21)14-4-2-10-25-14/h1-4,7,10-11,13H,5-6,8-9H2,(H,19,23). The third kappa shape index (κ3) is 3.10. The lowest BCUT2D eigenvalue weighted by molar-refractivity contribution is 0.0951. The van der Waals surface area contributed by atoms with Crippen molar-refractivity contribution in [3.63, 3.8) is 0 Å². The maximum Gasteiger partial charge on any atom is 0.346 e. The third-order valence-electron chi connectivity index (χ3n) is 4.06. The second-order valence-corrected chi connectivity index (χ2v) is 5.91. The number of carbonyl (C=O) groups is 1. The zero-order valence-electron chi connectivity index (χ0n) is 13.5. The van der Waals surface area contributed by atoms with Crippen molar-refractivity contribution in [1.29, 1.82) is 0 Å². The Kier molecular flexibility index (Phi) is 3.93. The molecule has 8 nitrogen and oxygen atoms in total. The van der Waals surface area contributed by atoms with Crippen LogP contribution in [-0.4, -0.2) is 31.8 Å². The number of hydrogen-bond acceptors (Lipinski definition) is 5. The van der Waals surface area contributed by atoms with Crippen molar-refractivity contribution >= 4 is 5.91 Å². The molecule has 3 aromatic rings. The molecular formula is C17H17N5O3. The van der Waals surface area contributed by atoms with Crippen molar-refractivity contribution in [2.45, 2.75) is 25.4 Å². The van der Waals surface area contributed by atoms with E-state index in [1.54, 1.807) is 41.3 Å². The van der Waals surface area contributed by atoms with Crippen LogP contribution in [0.1, 0.15) is 29.2 Å². The topological polar surface area (TPSA) is 95.0 Å². The van der Waals surface area contributed by atoms with Crippen LogP contribution in [-0.2, 0) is 6.54 Å². The van der Waals surface area contributed by atoms with Crippen molar-refractivity contribution in [2.24, 2.45) is 0 Å². The Balaban J connectivity index is 1.49. The molecule has 0 aromatic carbocycles. The smallest absolute Gasteiger partial charge is 0.346 e. The molecule has 3 aromatic heterocycles. The minimum atomic E-state index is -0.228. The zero-order chi connectivity index (χ0) is 17.2. The number of nitrogens with one attached hydrogen (secondary N) is 1. The van der Waals surface area contributed by atoms with E-state index in [-0.39, 0.29) is 24.2 Å². The first-order valence-corrected chi connectivity index (χ1v) is 8.15. The molecule has 1 aliphatic carbocycles. The fourth-order valence-corrected chi connectivity index (χ4v) is 2.68. The third-order valence-corrected chi connectivity index (χ3v) is 4.06. The molecule has 0 spiro atoms. The van der Waals surface area contributed by atoms with Crippen LogP contribution in [0.15, 0.2) is 52.1 Å². The summed E-state index contributed by atoms with van der Waals surface area (Å²) >= 11 is 0. The van der Waals surface area contributed by atoms with Gasteiger partial charge in [-0.1, -0.05) is 0 Å². The maximum absolute atomic E-state index is 12.6. The van der Waals surface area contributed by atoms with Crippen LogP contribution >= 0.6 is 0 Å². The van der Waals surface area contributed by atoms with Crippen molar-refractivity contribution in [3.05, 3.63) is 59.0 Å². The van der Waals surface area contributed by atoms with Gasteiger partial charge in [-0.3, -0.25) is 14.3 Å². The lowest BCUT2D eigenvalue weighted by atomic mass is 10.3. The number of aromatic nitrogens is 4. The van der Waals surface area contributed by atoms with E-state index in [2.05, 4.69) is 15.4 Å². The molecule has 0 aliphatic heterocycles. The Morgan fingerprint density at radius 2 is 2.20 bits per heavy atom. The second kappa shape index (κ2) is 6.39. The van der Waals surface area contributed by atoms with Gasteiger partial charge in [0.15, 0.2) is 5.76 Å². The first-order valence-electron chi connectivity index (χ1n) is 8.15. The average molecular weight is 339 g/mol. The summed E-state index contributed by atoms with van der Waals surface area (Å²) in [6, 6.07) is 7.13. The summed E-state index contributed by atoms with van der Waals surface area (Å²) in [5.74, 6) is 0.882. The van der Waals surface area contributed by atoms with Gasteiger partial charge in [0.25, 0.3) is 5.91 Å². The molecule has 1 amide bonds. The van der Waals surface area contributed by atoms with E-state index in [4.69, 9.17) is 4.42 Å². The largest absolute Gasteiger partial charge is 0.461 e. The van der Waals surface area contributed by atoms with E-state index < -0.39 is 0 Å². The van der Waals surface area contributed by atoms with Crippen molar-refractivity contribution in [1.82, 2.24) is 24.6 Å². The molecular weight excluding hydrogens is 322 g/mol. The predicted octanol–water partition coefficient (Wildman–Crippen LogP) is 1.46. The Morgan fingerprint density at radius 3 is 2.88 bits per heavy atom. The predicted molar refractivity (Wildman–Crippen MR) is 89.0 cm³/mol. The molecule has 0 atom stereocenters. The van der Waals surface area contributed by atoms with E-state index in [0.29, 0.717) is 23.7 Å². The first kappa shape index (κ1) is 15.4. The quantitative estimate of drug-likeness (QED) is 0.734. The van der Waals surface area contributed by atoms with Gasteiger partial charge < -0.3 is 9.73 Å². The number of pyridine rings is 1. The normalized spacial score (nSPS) is 13.8. The van der Waals surface area contributed by atoms with E-state index in [0.717, 1.165) is 12.8 Å². The number of amides is 1. The van der Waals surface area contributed by atoms with Gasteiger partial charge in [-0.05, 0) is 37.1 Å². The Labute approximate surface area is 143 Å². The van der Waals surface area contributed by atoms with Gasteiger partial charge in [0, 0.05) is 25.0 Å². The average Bonchev–Trinajstić information content (AvgIpc) is 3.21. The molecule has 0 radical (unpaired) electrons. The van der Waals surface area contributed by atoms with Crippen LogP contribution in [0.3, 0.4) is 0 Å². The van der Waals surface area contributed by atoms with E-state index >= 15 is 0 Å². The highest BCUT2D eigenvalue weighted by atomic mass is 16.3. The molecule has 1 fully saturated rings. The van der Waals surface area contributed by atoms with Crippen LogP contribution in [0.4, 0.5) is 0 Å². The molecule has 1 N–H and O–H groups in total. The highest BCUT2D eigenvalue weighted by Gasteiger charge is 2.31. The molecule has 0 saturated heterocycles. The van der Waals surface area contributed by atoms with Gasteiger partial charge in [0.05, 0.1) is 18.4 Å². The zero-order valence-corrected chi connectivity index (χ0v) is 13.5. The summed E-state index contributed by atoms with van der Waals surface area (Å²) < 4.78 is 8.45. The van der Waals surface area contributed by atoms with Crippen LogP contribution < -0.4 is 11.0 Å². The summed E-state index contributed by atoms with van der Waals surface area (Å²) in [6.45, 7) is 0.588. The fraction of sp³-hybridized carbons (Fsp3) is 0.294. The Bertz CT molecular complexity index is 923. The molecule has 1 aliphatic rings. The van der Waals surface area contributed by atoms with Gasteiger partial charge in [-0.15, -0.1) is 5.10 Å². The van der Waals surface area contributed by atoms with Gasteiger partial charge in [0.1, 0.15) is 0 Å². The second-order valence-electron chi connectivity index (χ2n) is 5.91. The highest BCUT2D eigenvalue weighted by molar-refractivity contribution is 5.93. The molecule has 4 rings (SSSR count). The Morgan fingerprint density at radius 1 is 1.32 bits per heavy atom. The van der Waals surface area contributed by atoms with E-state index in [9.17, 15) is 9.59 Å². The van der Waals surface area contributed by atoms with Gasteiger partial charge in [-0.25, -0.2) is 9.48 Å². The molecule has 1 saturated carbocycles. The number of carbonyl (C=O) groups excluding carboxylic acids is 1. The monoisotopic (exact) mass is 339 g/mol. The van der Waals surface area contributed by atoms with Crippen molar-refractivity contribution in [3.8, 4) is 11.6 Å². The molecule has 0 unspecified atom stereocenters. The summed E-state index contributed by atoms with van der Waals surface area (Å²) in [5.41, 5.74) is 0.305. The summed E-state index contributed by atoms with van der Waals surface area (Å²) in [7, 11) is 0. The number of furan rings is 1. The summed E-state index contributed by atoms with van der Waals surface area (Å²) in [6.07, 6.45) is 6.60. The van der Waals surface area contributed by atoms with E-state index in [1.807, 2.05) is 0 Å². The number of hydrogen-bond donors (Lipinski definition) is 1. The summed E-state index contributed by atoms with van der Waals surface area (Å²) in [4.78, 5) is 28.5. The molecule has 3 heterocycles. The van der Waals surface area contributed by atoms with Crippen molar-refractivity contribution < 1.29 is 9.21 Å². The lowest BCUT2D eigenvalue weighted by Crippen LogP contribution is -2.32. The lowest BCUT2D eigenvalue weighted by Gasteiger charge is -2.04. The van der Waals surface area contributed by atoms with Gasteiger partial charge in [-0.2, -0.15) is 0 Å². The van der Waals surface area contributed by atoms with Crippen LogP contribution in [0.5, 0.6) is 0 Å². The molecule has 25 heavy (non-hydrogen) atoms. The first-order chi connectivity index (χ1) is 12.2. The maximum atomic E-state index is 12.6. The van der Waals surface area contributed by atoms with E-state index in [1.165, 1.54) is 10.9 Å². The minimum Gasteiger partial charge on any atom is -0.461 e. The van der Waals surface area contributed by atoms with Gasteiger partial charge in [0.2, 0.25) is 5.82 Å². The van der Waals surface area contributed by atoms with Crippen LogP contribution in [0, 0.1) is 0 Å².